The summed E-state index contributed by atoms with van der Waals surface area (Å²) < 4.78 is 71.3. The number of aromatic nitrogens is 2. The molecule has 0 aliphatic rings. The van der Waals surface area contributed by atoms with Crippen LogP contribution < -0.4 is 14.8 Å². The highest BCUT2D eigenvalue weighted by molar-refractivity contribution is 7.92. The van der Waals surface area contributed by atoms with E-state index in [4.69, 9.17) is 4.74 Å². The van der Waals surface area contributed by atoms with Crippen LogP contribution in [0.25, 0.3) is 0 Å². The number of imidazole rings is 1. The van der Waals surface area contributed by atoms with Crippen LogP contribution in [0.3, 0.4) is 0 Å². The highest BCUT2D eigenvalue weighted by Crippen LogP contribution is 2.30. The molecule has 0 radical (unpaired) electrons. The number of aryl methyl sites for hydroxylation is 1. The fourth-order valence-electron chi connectivity index (χ4n) is 2.63. The number of H-pyrrole nitrogens is 1. The molecule has 0 spiro atoms. The van der Waals surface area contributed by atoms with Gasteiger partial charge in [-0.1, -0.05) is 18.2 Å². The van der Waals surface area contributed by atoms with Crippen molar-refractivity contribution in [2.75, 3.05) is 17.1 Å². The van der Waals surface area contributed by atoms with Gasteiger partial charge in [0.2, 0.25) is 5.82 Å². The Labute approximate surface area is 175 Å². The van der Waals surface area contributed by atoms with Gasteiger partial charge in [-0.2, -0.15) is 13.2 Å². The van der Waals surface area contributed by atoms with Gasteiger partial charge in [-0.15, -0.1) is 0 Å². The van der Waals surface area contributed by atoms with Crippen LogP contribution in [0.2, 0.25) is 0 Å². The fraction of sp³-hybridized carbons (Fsp3) is 0.158. The molecular formula is C19H17F3N4O4S. The number of sulfonamides is 1. The molecule has 2 aromatic carbocycles. The van der Waals surface area contributed by atoms with Crippen molar-refractivity contribution in [3.8, 4) is 5.75 Å². The number of halogens is 3. The number of benzene rings is 2. The number of anilines is 2. The van der Waals surface area contributed by atoms with E-state index in [2.05, 4.69) is 15.0 Å². The maximum atomic E-state index is 12.9. The summed E-state index contributed by atoms with van der Waals surface area (Å²) >= 11 is 0. The zero-order valence-electron chi connectivity index (χ0n) is 16.2. The van der Waals surface area contributed by atoms with Crippen molar-refractivity contribution in [1.82, 2.24) is 9.97 Å². The molecule has 3 N–H and O–H groups in total. The van der Waals surface area contributed by atoms with E-state index in [1.807, 2.05) is 4.98 Å². The van der Waals surface area contributed by atoms with E-state index in [1.54, 1.807) is 31.2 Å². The second kappa shape index (κ2) is 8.30. The SMILES string of the molecule is COc1ccc(NC(=O)c2cnc(C(F)(F)F)[nH]2)cc1S(=O)(=O)Nc1ccccc1C. The first-order valence-electron chi connectivity index (χ1n) is 8.71. The third-order valence-corrected chi connectivity index (χ3v) is 5.58. The van der Waals surface area contributed by atoms with Gasteiger partial charge in [-0.25, -0.2) is 13.4 Å². The van der Waals surface area contributed by atoms with E-state index in [-0.39, 0.29) is 16.3 Å². The minimum absolute atomic E-state index is 0.0139. The average Bonchev–Trinajstić information content (AvgIpc) is 3.20. The molecule has 0 bridgehead atoms. The lowest BCUT2D eigenvalue weighted by atomic mass is 10.2. The number of carbonyl (C=O) groups excluding carboxylic acids is 1. The van der Waals surface area contributed by atoms with Crippen molar-refractivity contribution in [2.24, 2.45) is 0 Å². The fourth-order valence-corrected chi connectivity index (χ4v) is 3.96. The van der Waals surface area contributed by atoms with E-state index in [0.29, 0.717) is 11.3 Å². The van der Waals surface area contributed by atoms with Gasteiger partial charge in [-0.05, 0) is 36.8 Å². The molecule has 3 aromatic rings. The smallest absolute Gasteiger partial charge is 0.449 e. The second-order valence-electron chi connectivity index (χ2n) is 6.38. The standard InChI is InChI=1S/C19H17F3N4O4S/c1-11-5-3-4-6-13(11)26-31(28,29)16-9-12(7-8-15(16)30-2)24-17(27)14-10-23-18(25-14)19(20,21)22/h3-10,26H,1-2H3,(H,23,25)(H,24,27). The average molecular weight is 454 g/mol. The molecule has 12 heteroatoms. The maximum absolute atomic E-state index is 12.9. The second-order valence-corrected chi connectivity index (χ2v) is 8.03. The number of rotatable bonds is 6. The molecule has 164 valence electrons. The number of aromatic amines is 1. The molecule has 0 aliphatic carbocycles. The number of alkyl halides is 3. The van der Waals surface area contributed by atoms with E-state index in [1.165, 1.54) is 19.2 Å². The number of carbonyl (C=O) groups is 1. The summed E-state index contributed by atoms with van der Waals surface area (Å²) in [6.45, 7) is 1.73. The van der Waals surface area contributed by atoms with E-state index >= 15 is 0 Å². The molecule has 1 heterocycles. The Bertz CT molecular complexity index is 1220. The lowest BCUT2D eigenvalue weighted by molar-refractivity contribution is -0.144. The summed E-state index contributed by atoms with van der Waals surface area (Å²) in [5.41, 5.74) is 0.634. The van der Waals surface area contributed by atoms with Gasteiger partial charge < -0.3 is 15.0 Å². The Morgan fingerprint density at radius 1 is 1.16 bits per heavy atom. The number of nitrogens with one attached hydrogen (secondary N) is 3. The number of hydrogen-bond acceptors (Lipinski definition) is 5. The Hall–Kier alpha value is -3.54. The largest absolute Gasteiger partial charge is 0.495 e. The van der Waals surface area contributed by atoms with E-state index in [0.717, 1.165) is 12.3 Å². The third-order valence-electron chi connectivity index (χ3n) is 4.19. The van der Waals surface area contributed by atoms with Crippen LogP contribution in [0.4, 0.5) is 24.5 Å². The van der Waals surface area contributed by atoms with Crippen molar-refractivity contribution >= 4 is 27.3 Å². The molecule has 0 atom stereocenters. The normalized spacial score (nSPS) is 11.8. The molecule has 1 amide bonds. The zero-order valence-corrected chi connectivity index (χ0v) is 17.1. The van der Waals surface area contributed by atoms with Gasteiger partial charge in [0, 0.05) is 5.69 Å². The molecule has 0 fully saturated rings. The first-order chi connectivity index (χ1) is 14.5. The van der Waals surface area contributed by atoms with Gasteiger partial charge >= 0.3 is 6.18 Å². The molecule has 0 saturated carbocycles. The Morgan fingerprint density at radius 3 is 2.48 bits per heavy atom. The molecule has 1 aromatic heterocycles. The lowest BCUT2D eigenvalue weighted by Gasteiger charge is -2.14. The monoisotopic (exact) mass is 454 g/mol. The predicted octanol–water partition coefficient (Wildman–Crippen LogP) is 3.80. The van der Waals surface area contributed by atoms with E-state index < -0.39 is 33.6 Å². The Balaban J connectivity index is 1.89. The van der Waals surface area contributed by atoms with Gasteiger partial charge in [0.1, 0.15) is 16.3 Å². The number of hydrogen-bond donors (Lipinski definition) is 3. The van der Waals surface area contributed by atoms with Gasteiger partial charge in [0.15, 0.2) is 0 Å². The first-order valence-corrected chi connectivity index (χ1v) is 10.2. The Kier molecular flexibility index (Phi) is 5.93. The number of para-hydroxylation sites is 1. The maximum Gasteiger partial charge on any atom is 0.449 e. The van der Waals surface area contributed by atoms with Crippen LogP contribution in [0.1, 0.15) is 21.9 Å². The molecule has 0 saturated heterocycles. The van der Waals surface area contributed by atoms with Crippen LogP contribution in [-0.4, -0.2) is 31.4 Å². The highest BCUT2D eigenvalue weighted by atomic mass is 32.2. The minimum atomic E-state index is -4.73. The minimum Gasteiger partial charge on any atom is -0.495 e. The summed E-state index contributed by atoms with van der Waals surface area (Å²) in [7, 11) is -2.83. The first kappa shape index (κ1) is 22.2. The lowest BCUT2D eigenvalue weighted by Crippen LogP contribution is -2.17. The van der Waals surface area contributed by atoms with Crippen molar-refractivity contribution in [2.45, 2.75) is 18.0 Å². The molecule has 31 heavy (non-hydrogen) atoms. The molecular weight excluding hydrogens is 437 g/mol. The van der Waals surface area contributed by atoms with Crippen LogP contribution in [-0.2, 0) is 16.2 Å². The summed E-state index contributed by atoms with van der Waals surface area (Å²) in [4.78, 5) is 17.0. The predicted molar refractivity (Wildman–Crippen MR) is 107 cm³/mol. The van der Waals surface area contributed by atoms with E-state index in [9.17, 15) is 26.4 Å². The number of nitrogens with zero attached hydrogens (tertiary/aromatic N) is 1. The summed E-state index contributed by atoms with van der Waals surface area (Å²) in [5.74, 6) is -2.23. The molecule has 3 rings (SSSR count). The van der Waals surface area contributed by atoms with Crippen molar-refractivity contribution < 1.29 is 31.1 Å². The van der Waals surface area contributed by atoms with Gasteiger partial charge in [0.05, 0.1) is 19.0 Å². The summed E-state index contributed by atoms with van der Waals surface area (Å²) in [6, 6.07) is 10.5. The van der Waals surface area contributed by atoms with Crippen molar-refractivity contribution in [3.63, 3.8) is 0 Å². The highest BCUT2D eigenvalue weighted by Gasteiger charge is 2.35. The summed E-state index contributed by atoms with van der Waals surface area (Å²) in [5, 5.41) is 2.34. The topological polar surface area (TPSA) is 113 Å². The molecule has 0 unspecified atom stereocenters. The van der Waals surface area contributed by atoms with Crippen LogP contribution in [0.5, 0.6) is 5.75 Å². The number of ether oxygens (including phenoxy) is 1. The molecule has 0 aliphatic heterocycles. The van der Waals surface area contributed by atoms with Gasteiger partial charge in [0.25, 0.3) is 15.9 Å². The van der Waals surface area contributed by atoms with Crippen molar-refractivity contribution in [1.29, 1.82) is 0 Å². The van der Waals surface area contributed by atoms with Crippen LogP contribution >= 0.6 is 0 Å². The van der Waals surface area contributed by atoms with Gasteiger partial charge in [-0.3, -0.25) is 9.52 Å². The van der Waals surface area contributed by atoms with Crippen LogP contribution in [0.15, 0.2) is 53.6 Å². The number of amides is 1. The zero-order chi connectivity index (χ0) is 22.8. The quantitative estimate of drug-likeness (QED) is 0.524. The molecule has 8 nitrogen and oxygen atoms in total. The number of methoxy groups -OCH3 is 1. The van der Waals surface area contributed by atoms with Crippen LogP contribution in [0, 0.1) is 6.92 Å². The van der Waals surface area contributed by atoms with Crippen molar-refractivity contribution in [3.05, 3.63) is 65.7 Å². The summed E-state index contributed by atoms with van der Waals surface area (Å²) in [6.07, 6.45) is -4.00. The Morgan fingerprint density at radius 2 is 1.87 bits per heavy atom. The third kappa shape index (κ3) is 4.97.